The second-order valence-corrected chi connectivity index (χ2v) is 10.2. The summed E-state index contributed by atoms with van der Waals surface area (Å²) in [6, 6.07) is 31.5. The Hall–Kier alpha value is -4.42. The zero-order valence-corrected chi connectivity index (χ0v) is 23.3. The number of aromatic nitrogens is 2. The Morgan fingerprint density at radius 1 is 0.950 bits per heavy atom. The number of fused-ring (bicyclic) bond motifs is 1. The number of anilines is 1. The summed E-state index contributed by atoms with van der Waals surface area (Å²) in [5.74, 6) is 0.520. The zero-order valence-electron chi connectivity index (χ0n) is 22.5. The number of halogens is 1. The molecule has 0 bridgehead atoms. The minimum absolute atomic E-state index is 0.164. The molecule has 2 amide bonds. The molecule has 6 nitrogen and oxygen atoms in total. The number of benzene rings is 4. The highest BCUT2D eigenvalue weighted by atomic mass is 35.5. The van der Waals surface area contributed by atoms with Crippen LogP contribution in [-0.2, 0) is 6.42 Å². The average molecular weight is 551 g/mol. The molecule has 0 aliphatic rings. The molecule has 0 aliphatic heterocycles. The second kappa shape index (κ2) is 12.2. The van der Waals surface area contributed by atoms with Crippen molar-refractivity contribution in [3.63, 3.8) is 0 Å². The van der Waals surface area contributed by atoms with Crippen molar-refractivity contribution in [1.82, 2.24) is 14.5 Å². The standard InChI is InChI=1S/C33H31ClN4O2/c1-3-30(31-36-29-18-8-7-17-28(29)32(39)38(31)27-16-9-11-23(2)21-27)37(20-19-24-12-5-4-6-13-24)33(40)35-26-15-10-14-25(34)22-26/h4-18,21-22,30H,3,19-20H2,1-2H3,(H,35,40). The minimum Gasteiger partial charge on any atom is -0.314 e. The van der Waals surface area contributed by atoms with Gasteiger partial charge in [-0.1, -0.05) is 79.2 Å². The van der Waals surface area contributed by atoms with Gasteiger partial charge >= 0.3 is 6.03 Å². The van der Waals surface area contributed by atoms with Crippen LogP contribution in [0.25, 0.3) is 16.6 Å². The number of hydrogen-bond donors (Lipinski definition) is 1. The molecule has 0 radical (unpaired) electrons. The van der Waals surface area contributed by atoms with E-state index in [0.717, 1.165) is 16.8 Å². The number of nitrogens with one attached hydrogen (secondary N) is 1. The van der Waals surface area contributed by atoms with Gasteiger partial charge in [-0.15, -0.1) is 0 Å². The number of nitrogens with zero attached hydrogens (tertiary/aromatic N) is 3. The van der Waals surface area contributed by atoms with E-state index >= 15 is 0 Å². The van der Waals surface area contributed by atoms with Gasteiger partial charge in [0.2, 0.25) is 0 Å². The summed E-state index contributed by atoms with van der Waals surface area (Å²) in [4.78, 5) is 34.7. The number of hydrogen-bond acceptors (Lipinski definition) is 3. The highest BCUT2D eigenvalue weighted by Crippen LogP contribution is 2.28. The molecule has 0 saturated carbocycles. The van der Waals surface area contributed by atoms with E-state index in [1.807, 2.05) is 86.6 Å². The lowest BCUT2D eigenvalue weighted by Gasteiger charge is -2.32. The predicted molar refractivity (Wildman–Crippen MR) is 162 cm³/mol. The molecule has 7 heteroatoms. The average Bonchev–Trinajstić information content (AvgIpc) is 2.96. The number of carbonyl (C=O) groups is 1. The molecule has 1 N–H and O–H groups in total. The van der Waals surface area contributed by atoms with Gasteiger partial charge in [-0.05, 0) is 73.4 Å². The van der Waals surface area contributed by atoms with Crippen LogP contribution in [0.2, 0.25) is 5.02 Å². The summed E-state index contributed by atoms with van der Waals surface area (Å²) >= 11 is 6.20. The van der Waals surface area contributed by atoms with E-state index in [1.165, 1.54) is 0 Å². The normalized spacial score (nSPS) is 11.8. The molecule has 1 heterocycles. The first-order valence-corrected chi connectivity index (χ1v) is 13.8. The van der Waals surface area contributed by atoms with Crippen LogP contribution in [-0.4, -0.2) is 27.0 Å². The smallest absolute Gasteiger partial charge is 0.314 e. The first-order valence-electron chi connectivity index (χ1n) is 13.4. The minimum atomic E-state index is -0.485. The molecule has 1 aromatic heterocycles. The van der Waals surface area contributed by atoms with Crippen molar-refractivity contribution < 1.29 is 4.79 Å². The maximum absolute atomic E-state index is 14.0. The third kappa shape index (κ3) is 5.92. The molecule has 0 saturated heterocycles. The number of amides is 2. The van der Waals surface area contributed by atoms with Crippen LogP contribution in [0.3, 0.4) is 0 Å². The molecule has 202 valence electrons. The van der Waals surface area contributed by atoms with Gasteiger partial charge in [0.25, 0.3) is 5.56 Å². The first-order chi connectivity index (χ1) is 19.4. The molecule has 40 heavy (non-hydrogen) atoms. The van der Waals surface area contributed by atoms with E-state index in [1.54, 1.807) is 39.8 Å². The van der Waals surface area contributed by atoms with Crippen LogP contribution in [0.15, 0.2) is 108 Å². The first kappa shape index (κ1) is 27.2. The summed E-state index contributed by atoms with van der Waals surface area (Å²) in [7, 11) is 0. The highest BCUT2D eigenvalue weighted by molar-refractivity contribution is 6.30. The Morgan fingerprint density at radius 3 is 2.45 bits per heavy atom. The van der Waals surface area contributed by atoms with Gasteiger partial charge in [-0.25, -0.2) is 9.78 Å². The monoisotopic (exact) mass is 550 g/mol. The number of para-hydroxylation sites is 1. The van der Waals surface area contributed by atoms with Gasteiger partial charge in [0.15, 0.2) is 0 Å². The summed E-state index contributed by atoms with van der Waals surface area (Å²) in [6.45, 7) is 4.42. The van der Waals surface area contributed by atoms with Gasteiger partial charge in [0.05, 0.1) is 22.6 Å². The Morgan fingerprint density at radius 2 is 1.70 bits per heavy atom. The van der Waals surface area contributed by atoms with Gasteiger partial charge in [0.1, 0.15) is 5.82 Å². The summed E-state index contributed by atoms with van der Waals surface area (Å²) in [5.41, 5.74) is 3.89. The molecule has 0 spiro atoms. The number of rotatable bonds is 8. The van der Waals surface area contributed by atoms with Crippen molar-refractivity contribution in [2.75, 3.05) is 11.9 Å². The van der Waals surface area contributed by atoms with Crippen LogP contribution >= 0.6 is 11.6 Å². The van der Waals surface area contributed by atoms with E-state index in [0.29, 0.717) is 46.8 Å². The van der Waals surface area contributed by atoms with Crippen molar-refractivity contribution >= 4 is 34.2 Å². The second-order valence-electron chi connectivity index (χ2n) is 9.76. The predicted octanol–water partition coefficient (Wildman–Crippen LogP) is 7.58. The van der Waals surface area contributed by atoms with Crippen molar-refractivity contribution in [3.05, 3.63) is 135 Å². The molecule has 0 aliphatic carbocycles. The van der Waals surface area contributed by atoms with Gasteiger partial charge in [-0.3, -0.25) is 9.36 Å². The van der Waals surface area contributed by atoms with E-state index in [-0.39, 0.29) is 11.6 Å². The largest absolute Gasteiger partial charge is 0.322 e. The van der Waals surface area contributed by atoms with E-state index in [9.17, 15) is 9.59 Å². The molecule has 1 unspecified atom stereocenters. The molecule has 5 rings (SSSR count). The lowest BCUT2D eigenvalue weighted by Crippen LogP contribution is -2.42. The lowest BCUT2D eigenvalue weighted by atomic mass is 10.1. The number of carbonyl (C=O) groups excluding carboxylic acids is 1. The van der Waals surface area contributed by atoms with E-state index in [2.05, 4.69) is 5.32 Å². The van der Waals surface area contributed by atoms with E-state index in [4.69, 9.17) is 16.6 Å². The van der Waals surface area contributed by atoms with Crippen molar-refractivity contribution in [1.29, 1.82) is 0 Å². The SMILES string of the molecule is CCC(c1nc2ccccc2c(=O)n1-c1cccc(C)c1)N(CCc1ccccc1)C(=O)Nc1cccc(Cl)c1. The number of urea groups is 1. The van der Waals surface area contributed by atoms with Crippen molar-refractivity contribution in [2.24, 2.45) is 0 Å². The molecule has 4 aromatic carbocycles. The highest BCUT2D eigenvalue weighted by Gasteiger charge is 2.29. The van der Waals surface area contributed by atoms with Crippen LogP contribution in [0, 0.1) is 6.92 Å². The van der Waals surface area contributed by atoms with Crippen LogP contribution in [0.4, 0.5) is 10.5 Å². The summed E-state index contributed by atoms with van der Waals surface area (Å²) in [6.07, 6.45) is 1.19. The molecular formula is C33H31ClN4O2. The van der Waals surface area contributed by atoms with E-state index < -0.39 is 6.04 Å². The molecular weight excluding hydrogens is 520 g/mol. The van der Waals surface area contributed by atoms with Gasteiger partial charge < -0.3 is 10.2 Å². The van der Waals surface area contributed by atoms with Gasteiger partial charge in [-0.2, -0.15) is 0 Å². The van der Waals surface area contributed by atoms with Gasteiger partial charge in [0, 0.05) is 17.3 Å². The molecule has 1 atom stereocenters. The fourth-order valence-corrected chi connectivity index (χ4v) is 5.18. The van der Waals surface area contributed by atoms with Crippen molar-refractivity contribution in [2.45, 2.75) is 32.7 Å². The Bertz CT molecular complexity index is 1700. The summed E-state index contributed by atoms with van der Waals surface area (Å²) < 4.78 is 1.66. The Kier molecular flexibility index (Phi) is 8.27. The molecule has 0 fully saturated rings. The number of aryl methyl sites for hydroxylation is 1. The zero-order chi connectivity index (χ0) is 28.1. The van der Waals surface area contributed by atoms with Crippen LogP contribution in [0.1, 0.15) is 36.3 Å². The quantitative estimate of drug-likeness (QED) is 0.216. The fourth-order valence-electron chi connectivity index (χ4n) is 4.99. The van der Waals surface area contributed by atoms with Crippen molar-refractivity contribution in [3.8, 4) is 5.69 Å². The maximum atomic E-state index is 14.0. The topological polar surface area (TPSA) is 67.2 Å². The molecule has 5 aromatic rings. The summed E-state index contributed by atoms with van der Waals surface area (Å²) in [5, 5.41) is 4.07. The fraction of sp³-hybridized carbons (Fsp3) is 0.182. The third-order valence-corrected chi connectivity index (χ3v) is 7.18. The Balaban J connectivity index is 1.64. The maximum Gasteiger partial charge on any atom is 0.322 e. The van der Waals surface area contributed by atoms with Crippen LogP contribution in [0.5, 0.6) is 0 Å². The van der Waals surface area contributed by atoms with Crippen LogP contribution < -0.4 is 10.9 Å². The Labute approximate surface area is 238 Å². The third-order valence-electron chi connectivity index (χ3n) is 6.94. The lowest BCUT2D eigenvalue weighted by molar-refractivity contribution is 0.182.